The molecule has 0 atom stereocenters. The van der Waals surface area contributed by atoms with Gasteiger partial charge >= 0.3 is 0 Å². The van der Waals surface area contributed by atoms with E-state index >= 15 is 0 Å². The van der Waals surface area contributed by atoms with Crippen LogP contribution in [0.1, 0.15) is 26.2 Å². The smallest absolute Gasteiger partial charge is 0.219 e. The molecular weight excluding hydrogens is 231 g/mol. The minimum atomic E-state index is -3.42. The number of quaternary nitrogens is 1. The maximum Gasteiger partial charge on any atom is 0.219 e. The van der Waals surface area contributed by atoms with E-state index in [0.717, 1.165) is 30.5 Å². The fourth-order valence-corrected chi connectivity index (χ4v) is 3.45. The third-order valence-electron chi connectivity index (χ3n) is 3.32. The van der Waals surface area contributed by atoms with E-state index in [0.29, 0.717) is 6.54 Å². The number of hydrogen-bond acceptors (Lipinski definition) is 2. The molecule has 0 unspecified atom stereocenters. The molecule has 1 N–H and O–H groups in total. The molecule has 0 spiro atoms. The molecule has 4 nitrogen and oxygen atoms in total. The van der Waals surface area contributed by atoms with Crippen molar-refractivity contribution in [2.45, 2.75) is 26.2 Å². The first kappa shape index (κ1) is 13.9. The average molecular weight is 253 g/mol. The van der Waals surface area contributed by atoms with Gasteiger partial charge in [-0.05, 0) is 6.42 Å². The van der Waals surface area contributed by atoms with Crippen molar-refractivity contribution in [3.63, 3.8) is 0 Å². The Morgan fingerprint density at radius 2 is 1.88 bits per heavy atom. The lowest BCUT2D eigenvalue weighted by atomic mass is 10.3. The largest absolute Gasteiger partial charge is 0.323 e. The molecule has 16 heavy (non-hydrogen) atoms. The number of nitrogens with zero attached hydrogens (tertiary/aromatic N) is 1. The minimum absolute atomic E-state index is 0.0386. The van der Waals surface area contributed by atoms with Gasteiger partial charge in [0.2, 0.25) is 10.0 Å². The summed E-state index contributed by atoms with van der Waals surface area (Å²) >= 11 is 0. The van der Waals surface area contributed by atoms with Crippen LogP contribution in [-0.4, -0.2) is 51.6 Å². The zero-order valence-electron chi connectivity index (χ0n) is 9.91. The summed E-state index contributed by atoms with van der Waals surface area (Å²) in [5.41, 5.74) is 0. The Morgan fingerprint density at radius 1 is 1.25 bits per heavy atom. The first-order valence-corrected chi connectivity index (χ1v) is 7.57. The molecule has 0 aromatic carbocycles. The molecule has 0 saturated carbocycles. The molecule has 0 bridgehead atoms. The minimum Gasteiger partial charge on any atom is -0.323 e. The monoisotopic (exact) mass is 253 g/mol. The topological polar surface area (TPSA) is 46.2 Å². The molecule has 96 valence electrons. The number of likely N-dealkylation sites (tertiary alicyclic amines) is 1. The first-order chi connectivity index (χ1) is 7.54. The molecule has 1 heterocycles. The summed E-state index contributed by atoms with van der Waals surface area (Å²) in [6.07, 6.45) is 3.42. The molecule has 1 aliphatic rings. The van der Waals surface area contributed by atoms with E-state index in [9.17, 15) is 12.8 Å². The van der Waals surface area contributed by atoms with Crippen molar-refractivity contribution in [2.24, 2.45) is 0 Å². The number of rotatable bonds is 7. The van der Waals surface area contributed by atoms with Crippen LogP contribution < -0.4 is 4.72 Å². The lowest BCUT2D eigenvalue weighted by molar-refractivity contribution is -0.914. The Labute approximate surface area is 97.5 Å². The number of halogens is 1. The molecule has 1 rings (SSSR count). The molecule has 0 aromatic heterocycles. The van der Waals surface area contributed by atoms with Gasteiger partial charge in [0.05, 0.1) is 26.2 Å². The molecule has 0 aliphatic carbocycles. The van der Waals surface area contributed by atoms with Gasteiger partial charge in [-0.15, -0.1) is 0 Å². The Balaban J connectivity index is 2.50. The second-order valence-electron chi connectivity index (χ2n) is 4.54. The standard InChI is InChI=1S/C10H22FN2O2S/c1-2-5-13(6-3-4-7-13)8-9-16(14,15)12-10-11/h12H,2-10H2,1H3/q+1. The number of nitrogens with one attached hydrogen (secondary N) is 1. The van der Waals surface area contributed by atoms with Gasteiger partial charge in [-0.25, -0.2) is 12.8 Å². The van der Waals surface area contributed by atoms with Crippen LogP contribution in [-0.2, 0) is 10.0 Å². The van der Waals surface area contributed by atoms with Gasteiger partial charge in [-0.3, -0.25) is 0 Å². The van der Waals surface area contributed by atoms with Crippen LogP contribution >= 0.6 is 0 Å². The average Bonchev–Trinajstić information content (AvgIpc) is 2.65. The van der Waals surface area contributed by atoms with E-state index in [1.807, 2.05) is 4.72 Å². The van der Waals surface area contributed by atoms with Crippen molar-refractivity contribution in [2.75, 3.05) is 38.7 Å². The highest BCUT2D eigenvalue weighted by Gasteiger charge is 2.32. The van der Waals surface area contributed by atoms with E-state index in [4.69, 9.17) is 0 Å². The van der Waals surface area contributed by atoms with E-state index < -0.39 is 16.8 Å². The van der Waals surface area contributed by atoms with Crippen LogP contribution in [0.25, 0.3) is 0 Å². The van der Waals surface area contributed by atoms with Gasteiger partial charge in [-0.1, -0.05) is 6.92 Å². The van der Waals surface area contributed by atoms with E-state index in [2.05, 4.69) is 6.92 Å². The maximum atomic E-state index is 11.9. The van der Waals surface area contributed by atoms with Crippen molar-refractivity contribution >= 4 is 10.0 Å². The van der Waals surface area contributed by atoms with Crippen molar-refractivity contribution in [3.8, 4) is 0 Å². The second kappa shape index (κ2) is 5.93. The van der Waals surface area contributed by atoms with Gasteiger partial charge in [0.1, 0.15) is 5.75 Å². The van der Waals surface area contributed by atoms with Crippen LogP contribution in [0.4, 0.5) is 4.39 Å². The molecule has 0 amide bonds. The van der Waals surface area contributed by atoms with E-state index in [-0.39, 0.29) is 5.75 Å². The summed E-state index contributed by atoms with van der Waals surface area (Å²) in [5.74, 6) is 0.0386. The van der Waals surface area contributed by atoms with Gasteiger partial charge in [0.25, 0.3) is 0 Å². The second-order valence-corrected chi connectivity index (χ2v) is 6.47. The molecule has 0 radical (unpaired) electrons. The molecule has 1 aliphatic heterocycles. The Kier molecular flexibility index (Phi) is 5.14. The number of hydrogen-bond donors (Lipinski definition) is 1. The van der Waals surface area contributed by atoms with Gasteiger partial charge in [0, 0.05) is 12.8 Å². The highest BCUT2D eigenvalue weighted by molar-refractivity contribution is 7.89. The molecule has 6 heteroatoms. The predicted molar refractivity (Wildman–Crippen MR) is 62.2 cm³/mol. The summed E-state index contributed by atoms with van der Waals surface area (Å²) in [6.45, 7) is 4.90. The van der Waals surface area contributed by atoms with Gasteiger partial charge in [0.15, 0.2) is 6.80 Å². The molecule has 1 fully saturated rings. The van der Waals surface area contributed by atoms with E-state index in [1.54, 1.807) is 0 Å². The fourth-order valence-electron chi connectivity index (χ4n) is 2.51. The van der Waals surface area contributed by atoms with Crippen molar-refractivity contribution in [1.82, 2.24) is 4.72 Å². The fraction of sp³-hybridized carbons (Fsp3) is 1.00. The van der Waals surface area contributed by atoms with Gasteiger partial charge < -0.3 is 4.48 Å². The van der Waals surface area contributed by atoms with Crippen LogP contribution in [0, 0.1) is 0 Å². The number of sulfonamides is 1. The lowest BCUT2D eigenvalue weighted by Crippen LogP contribution is -2.49. The Hall–Kier alpha value is -0.200. The molecule has 0 aromatic rings. The molecule has 1 saturated heterocycles. The van der Waals surface area contributed by atoms with Crippen molar-refractivity contribution < 1.29 is 17.3 Å². The Morgan fingerprint density at radius 3 is 2.38 bits per heavy atom. The highest BCUT2D eigenvalue weighted by Crippen LogP contribution is 2.19. The van der Waals surface area contributed by atoms with Crippen molar-refractivity contribution in [3.05, 3.63) is 0 Å². The summed E-state index contributed by atoms with van der Waals surface area (Å²) in [5, 5.41) is 0. The third kappa shape index (κ3) is 3.99. The normalized spacial score (nSPS) is 20.1. The molecular formula is C10H22FN2O2S+. The maximum absolute atomic E-state index is 11.9. The zero-order valence-corrected chi connectivity index (χ0v) is 10.7. The zero-order chi connectivity index (χ0) is 12.1. The lowest BCUT2D eigenvalue weighted by Gasteiger charge is -2.33. The van der Waals surface area contributed by atoms with Gasteiger partial charge in [-0.2, -0.15) is 4.72 Å². The predicted octanol–water partition coefficient (Wildman–Crippen LogP) is 0.853. The van der Waals surface area contributed by atoms with Crippen LogP contribution in [0.2, 0.25) is 0 Å². The van der Waals surface area contributed by atoms with Crippen LogP contribution in [0.3, 0.4) is 0 Å². The van der Waals surface area contributed by atoms with Crippen LogP contribution in [0.15, 0.2) is 0 Å². The first-order valence-electron chi connectivity index (χ1n) is 5.92. The van der Waals surface area contributed by atoms with Crippen LogP contribution in [0.5, 0.6) is 0 Å². The van der Waals surface area contributed by atoms with E-state index in [1.165, 1.54) is 12.8 Å². The Bertz CT molecular complexity index is 300. The highest BCUT2D eigenvalue weighted by atomic mass is 32.2. The summed E-state index contributed by atoms with van der Waals surface area (Å²) in [6, 6.07) is 0. The quantitative estimate of drug-likeness (QED) is 0.540. The van der Waals surface area contributed by atoms with Crippen molar-refractivity contribution in [1.29, 1.82) is 0 Å². The summed E-state index contributed by atoms with van der Waals surface area (Å²) in [7, 11) is -3.42. The summed E-state index contributed by atoms with van der Waals surface area (Å²) < 4.78 is 37.5. The summed E-state index contributed by atoms with van der Waals surface area (Å²) in [4.78, 5) is 0. The third-order valence-corrected chi connectivity index (χ3v) is 4.59. The SMILES string of the molecule is CCC[N+]1(CCS(=O)(=O)NCF)CCCC1. The number of alkyl halides is 1.